The zero-order valence-corrected chi connectivity index (χ0v) is 15.5. The summed E-state index contributed by atoms with van der Waals surface area (Å²) >= 11 is 0. The number of amides is 3. The van der Waals surface area contributed by atoms with Crippen LogP contribution in [0.4, 0.5) is 0 Å². The maximum atomic E-state index is 13.1. The highest BCUT2D eigenvalue weighted by Gasteiger charge is 2.47. The second-order valence-electron chi connectivity index (χ2n) is 8.06. The van der Waals surface area contributed by atoms with Gasteiger partial charge in [-0.1, -0.05) is 20.8 Å². The topological polar surface area (TPSA) is 131 Å². The van der Waals surface area contributed by atoms with Crippen LogP contribution >= 0.6 is 0 Å². The van der Waals surface area contributed by atoms with Crippen LogP contribution in [-0.4, -0.2) is 59.9 Å². The van der Waals surface area contributed by atoms with Crippen molar-refractivity contribution in [3.8, 4) is 0 Å². The van der Waals surface area contributed by atoms with Gasteiger partial charge < -0.3 is 27.0 Å². The molecule has 4 unspecified atom stereocenters. The molecule has 1 aliphatic heterocycles. The zero-order chi connectivity index (χ0) is 18.9. The van der Waals surface area contributed by atoms with Crippen molar-refractivity contribution in [2.24, 2.45) is 16.9 Å². The van der Waals surface area contributed by atoms with Crippen molar-refractivity contribution in [3.05, 3.63) is 0 Å². The highest BCUT2D eigenvalue weighted by atomic mass is 16.2. The van der Waals surface area contributed by atoms with E-state index in [1.54, 1.807) is 20.9 Å². The molecule has 1 heterocycles. The summed E-state index contributed by atoms with van der Waals surface area (Å²) < 4.78 is 0. The number of likely N-dealkylation sites (tertiary alicyclic amines) is 1. The molecule has 0 radical (unpaired) electrons. The molecule has 8 heteroatoms. The summed E-state index contributed by atoms with van der Waals surface area (Å²) in [6.45, 7) is 9.29. The van der Waals surface area contributed by atoms with Crippen LogP contribution in [0.25, 0.3) is 0 Å². The third-order valence-electron chi connectivity index (χ3n) is 4.40. The molecule has 0 aromatic rings. The number of hydrogen-bond acceptors (Lipinski definition) is 5. The van der Waals surface area contributed by atoms with E-state index in [1.165, 1.54) is 4.90 Å². The molecule has 1 saturated heterocycles. The predicted octanol–water partition coefficient (Wildman–Crippen LogP) is -1.07. The Morgan fingerprint density at radius 1 is 1.29 bits per heavy atom. The molecule has 0 bridgehead atoms. The van der Waals surface area contributed by atoms with Gasteiger partial charge in [-0.3, -0.25) is 14.4 Å². The summed E-state index contributed by atoms with van der Waals surface area (Å²) in [7, 11) is 1.67. The van der Waals surface area contributed by atoms with Crippen LogP contribution in [0.15, 0.2) is 0 Å². The van der Waals surface area contributed by atoms with E-state index < -0.39 is 35.0 Å². The third-order valence-corrected chi connectivity index (χ3v) is 4.40. The van der Waals surface area contributed by atoms with Crippen molar-refractivity contribution in [2.45, 2.75) is 64.7 Å². The molecule has 1 fully saturated rings. The molecular formula is C16H31N5O3. The molecule has 4 atom stereocenters. The Balaban J connectivity index is 3.08. The Morgan fingerprint density at radius 2 is 1.83 bits per heavy atom. The first kappa shape index (κ1) is 20.4. The smallest absolute Gasteiger partial charge is 0.246 e. The zero-order valence-electron chi connectivity index (χ0n) is 15.5. The van der Waals surface area contributed by atoms with Gasteiger partial charge in [0.25, 0.3) is 0 Å². The van der Waals surface area contributed by atoms with Crippen molar-refractivity contribution in [3.63, 3.8) is 0 Å². The number of nitrogens with two attached hydrogens (primary N) is 2. The van der Waals surface area contributed by atoms with Crippen molar-refractivity contribution in [1.82, 2.24) is 15.5 Å². The molecule has 0 saturated carbocycles. The van der Waals surface area contributed by atoms with Gasteiger partial charge in [-0.2, -0.15) is 0 Å². The van der Waals surface area contributed by atoms with Crippen LogP contribution in [0, 0.1) is 5.41 Å². The van der Waals surface area contributed by atoms with Gasteiger partial charge in [0.1, 0.15) is 12.1 Å². The summed E-state index contributed by atoms with van der Waals surface area (Å²) in [6, 6.07) is -1.97. The fourth-order valence-corrected chi connectivity index (χ4v) is 2.81. The summed E-state index contributed by atoms with van der Waals surface area (Å²) in [5.74, 6) is -1.20. The van der Waals surface area contributed by atoms with E-state index in [1.807, 2.05) is 20.8 Å². The van der Waals surface area contributed by atoms with E-state index >= 15 is 0 Å². The van der Waals surface area contributed by atoms with Gasteiger partial charge in [-0.05, 0) is 32.7 Å². The van der Waals surface area contributed by atoms with Crippen LogP contribution in [0.3, 0.4) is 0 Å². The Bertz CT molecular complexity index is 512. The minimum absolute atomic E-state index is 0.226. The summed E-state index contributed by atoms with van der Waals surface area (Å²) in [5.41, 5.74) is 10.3. The third kappa shape index (κ3) is 4.67. The first-order valence-corrected chi connectivity index (χ1v) is 8.16. The van der Waals surface area contributed by atoms with Gasteiger partial charge in [0.05, 0.1) is 6.04 Å². The molecule has 0 aromatic carbocycles. The van der Waals surface area contributed by atoms with Gasteiger partial charge in [0.15, 0.2) is 0 Å². The van der Waals surface area contributed by atoms with Crippen LogP contribution < -0.4 is 22.1 Å². The fourth-order valence-electron chi connectivity index (χ4n) is 2.81. The minimum Gasteiger partial charge on any atom is -0.368 e. The average molecular weight is 341 g/mol. The van der Waals surface area contributed by atoms with E-state index in [0.717, 1.165) is 0 Å². The molecule has 0 aromatic heterocycles. The van der Waals surface area contributed by atoms with Crippen molar-refractivity contribution >= 4 is 17.7 Å². The molecule has 138 valence electrons. The summed E-state index contributed by atoms with van der Waals surface area (Å²) in [5, 5.41) is 5.62. The predicted molar refractivity (Wildman–Crippen MR) is 91.8 cm³/mol. The molecule has 0 spiro atoms. The number of carbonyl (C=O) groups excluding carboxylic acids is 3. The fraction of sp³-hybridized carbons (Fsp3) is 0.812. The molecule has 1 rings (SSSR count). The molecule has 1 aliphatic rings. The van der Waals surface area contributed by atoms with E-state index in [0.29, 0.717) is 6.42 Å². The lowest BCUT2D eigenvalue weighted by Crippen LogP contribution is -2.59. The van der Waals surface area contributed by atoms with Crippen molar-refractivity contribution in [1.29, 1.82) is 0 Å². The number of rotatable bonds is 5. The van der Waals surface area contributed by atoms with Crippen LogP contribution in [0.2, 0.25) is 0 Å². The quantitative estimate of drug-likeness (QED) is 0.506. The Hall–Kier alpha value is -1.67. The number of likely N-dealkylation sites (N-methyl/N-ethyl adjacent to an activating group) is 1. The summed E-state index contributed by atoms with van der Waals surface area (Å²) in [6.07, 6.45) is 0.311. The number of nitrogens with zero attached hydrogens (tertiary/aromatic N) is 1. The van der Waals surface area contributed by atoms with Gasteiger partial charge >= 0.3 is 0 Å². The molecule has 0 aliphatic carbocycles. The van der Waals surface area contributed by atoms with E-state index in [-0.39, 0.29) is 18.4 Å². The number of nitrogens with one attached hydrogen (secondary N) is 2. The first-order valence-electron chi connectivity index (χ1n) is 8.16. The van der Waals surface area contributed by atoms with E-state index in [4.69, 9.17) is 11.5 Å². The lowest BCUT2D eigenvalue weighted by atomic mass is 9.85. The molecule has 8 nitrogen and oxygen atoms in total. The van der Waals surface area contributed by atoms with Crippen molar-refractivity contribution < 1.29 is 14.4 Å². The highest BCUT2D eigenvalue weighted by molar-refractivity contribution is 5.93. The molecule has 24 heavy (non-hydrogen) atoms. The van der Waals surface area contributed by atoms with Crippen LogP contribution in [0.5, 0.6) is 0 Å². The maximum absolute atomic E-state index is 13.1. The van der Waals surface area contributed by atoms with Gasteiger partial charge in [-0.15, -0.1) is 0 Å². The Morgan fingerprint density at radius 3 is 2.25 bits per heavy atom. The van der Waals surface area contributed by atoms with E-state index in [2.05, 4.69) is 10.6 Å². The van der Waals surface area contributed by atoms with Crippen LogP contribution in [0.1, 0.15) is 41.0 Å². The number of carbonyl (C=O) groups is 3. The SMILES string of the molecule is CNC(C)C(=O)NC(C(=O)N1CC(C)(N)CC1C(N)=O)C(C)(C)C. The van der Waals surface area contributed by atoms with Gasteiger partial charge in [-0.25, -0.2) is 0 Å². The van der Waals surface area contributed by atoms with Gasteiger partial charge in [0.2, 0.25) is 17.7 Å². The molecular weight excluding hydrogens is 310 g/mol. The summed E-state index contributed by atoms with van der Waals surface area (Å²) in [4.78, 5) is 38.4. The minimum atomic E-state index is -0.781. The van der Waals surface area contributed by atoms with Crippen molar-refractivity contribution in [2.75, 3.05) is 13.6 Å². The molecule has 6 N–H and O–H groups in total. The number of primary amides is 1. The Kier molecular flexibility index (Phi) is 6.00. The standard InChI is InChI=1S/C16H31N5O3/c1-9(19-6)13(23)20-11(15(2,3)4)14(24)21-8-16(5,18)7-10(21)12(17)22/h9-11,19H,7-8,18H2,1-6H3,(H2,17,22)(H,20,23). The lowest BCUT2D eigenvalue weighted by molar-refractivity contribution is -0.143. The normalized spacial score (nSPS) is 26.8. The number of hydrogen-bond donors (Lipinski definition) is 4. The van der Waals surface area contributed by atoms with E-state index in [9.17, 15) is 14.4 Å². The monoisotopic (exact) mass is 341 g/mol. The Labute approximate surface area is 143 Å². The second kappa shape index (κ2) is 7.06. The maximum Gasteiger partial charge on any atom is 0.246 e. The van der Waals surface area contributed by atoms with Crippen LogP contribution in [-0.2, 0) is 14.4 Å². The average Bonchev–Trinajstić information content (AvgIpc) is 2.77. The first-order chi connectivity index (χ1) is 10.8. The highest BCUT2D eigenvalue weighted by Crippen LogP contribution is 2.29. The second-order valence-corrected chi connectivity index (χ2v) is 8.06. The largest absolute Gasteiger partial charge is 0.368 e. The molecule has 3 amide bonds. The lowest BCUT2D eigenvalue weighted by Gasteiger charge is -2.35. The van der Waals surface area contributed by atoms with Gasteiger partial charge in [0, 0.05) is 12.1 Å².